The number of hydrogen-bond donors (Lipinski definition) is 0. The molecule has 0 unspecified atom stereocenters. The third-order valence-electron chi connectivity index (χ3n) is 3.83. The Hall–Kier alpha value is -1.37. The van der Waals surface area contributed by atoms with E-state index in [-0.39, 0.29) is 5.91 Å². The Kier molecular flexibility index (Phi) is 4.13. The fourth-order valence-electron chi connectivity index (χ4n) is 2.74. The third kappa shape index (κ3) is 3.03. The number of carbonyl (C=O) groups is 1. The van der Waals surface area contributed by atoms with E-state index < -0.39 is 0 Å². The number of thioether (sulfide) groups is 1. The fourth-order valence-corrected chi connectivity index (χ4v) is 5.10. The molecule has 0 spiro atoms. The molecule has 0 saturated heterocycles. The SMILES string of the molecule is O=C(CSc1nc2ccccc2s1)N1CCc2cc(Br)ccc21. The van der Waals surface area contributed by atoms with Crippen LogP contribution in [0.5, 0.6) is 0 Å². The standard InChI is InChI=1S/C17H13BrN2OS2/c18-12-5-6-14-11(9-12)7-8-20(14)16(21)10-22-17-19-13-3-1-2-4-15(13)23-17/h1-6,9H,7-8,10H2. The maximum absolute atomic E-state index is 12.6. The van der Waals surface area contributed by atoms with E-state index in [1.807, 2.05) is 35.2 Å². The highest BCUT2D eigenvalue weighted by Gasteiger charge is 2.24. The zero-order valence-corrected chi connectivity index (χ0v) is 15.4. The monoisotopic (exact) mass is 404 g/mol. The van der Waals surface area contributed by atoms with Gasteiger partial charge in [-0.15, -0.1) is 11.3 Å². The number of thiazole rings is 1. The van der Waals surface area contributed by atoms with E-state index in [1.54, 1.807) is 11.3 Å². The average molecular weight is 405 g/mol. The molecule has 2 heterocycles. The Balaban J connectivity index is 1.47. The molecule has 1 aliphatic heterocycles. The van der Waals surface area contributed by atoms with E-state index in [2.05, 4.69) is 33.0 Å². The van der Waals surface area contributed by atoms with Crippen LogP contribution in [0.1, 0.15) is 5.56 Å². The van der Waals surface area contributed by atoms with Crippen molar-refractivity contribution in [1.29, 1.82) is 0 Å². The summed E-state index contributed by atoms with van der Waals surface area (Å²) in [6.07, 6.45) is 0.923. The van der Waals surface area contributed by atoms with Crippen molar-refractivity contribution in [3.8, 4) is 0 Å². The topological polar surface area (TPSA) is 33.2 Å². The summed E-state index contributed by atoms with van der Waals surface area (Å²) >= 11 is 6.66. The first-order valence-corrected chi connectivity index (χ1v) is 9.87. The second-order valence-corrected chi connectivity index (χ2v) is 8.47. The number of halogens is 1. The number of rotatable bonds is 3. The molecule has 0 atom stereocenters. The molecule has 2 aromatic carbocycles. The van der Waals surface area contributed by atoms with Crippen molar-refractivity contribution in [3.63, 3.8) is 0 Å². The summed E-state index contributed by atoms with van der Waals surface area (Å²) in [5.74, 6) is 0.574. The molecule has 1 amide bonds. The highest BCUT2D eigenvalue weighted by atomic mass is 79.9. The van der Waals surface area contributed by atoms with Crippen LogP contribution < -0.4 is 4.90 Å². The lowest BCUT2D eigenvalue weighted by molar-refractivity contribution is -0.116. The van der Waals surface area contributed by atoms with Crippen LogP contribution in [0.25, 0.3) is 10.2 Å². The van der Waals surface area contributed by atoms with Crippen molar-refractivity contribution >= 4 is 60.8 Å². The van der Waals surface area contributed by atoms with Crippen LogP contribution in [-0.2, 0) is 11.2 Å². The van der Waals surface area contributed by atoms with Gasteiger partial charge in [-0.25, -0.2) is 4.98 Å². The second-order valence-electron chi connectivity index (χ2n) is 5.30. The first-order chi connectivity index (χ1) is 11.2. The van der Waals surface area contributed by atoms with Crippen LogP contribution in [0, 0.1) is 0 Å². The van der Waals surface area contributed by atoms with E-state index in [0.29, 0.717) is 5.75 Å². The number of carbonyl (C=O) groups excluding carboxylic acids is 1. The summed E-state index contributed by atoms with van der Waals surface area (Å²) in [6, 6.07) is 14.2. The molecule has 0 radical (unpaired) electrons. The Morgan fingerprint density at radius 1 is 1.30 bits per heavy atom. The zero-order chi connectivity index (χ0) is 15.8. The van der Waals surface area contributed by atoms with Gasteiger partial charge in [0.05, 0.1) is 16.0 Å². The summed E-state index contributed by atoms with van der Waals surface area (Å²) in [7, 11) is 0. The molecule has 0 fully saturated rings. The van der Waals surface area contributed by atoms with E-state index in [4.69, 9.17) is 0 Å². The van der Waals surface area contributed by atoms with Crippen LogP contribution >= 0.6 is 39.0 Å². The number of aromatic nitrogens is 1. The predicted octanol–water partition coefficient (Wildman–Crippen LogP) is 4.74. The Morgan fingerprint density at radius 3 is 3.04 bits per heavy atom. The summed E-state index contributed by atoms with van der Waals surface area (Å²) in [6.45, 7) is 0.769. The minimum absolute atomic E-state index is 0.148. The summed E-state index contributed by atoms with van der Waals surface area (Å²) in [5.41, 5.74) is 3.28. The Bertz CT molecular complexity index is 860. The van der Waals surface area contributed by atoms with Gasteiger partial charge in [0, 0.05) is 16.7 Å². The van der Waals surface area contributed by atoms with Crippen LogP contribution in [-0.4, -0.2) is 23.2 Å². The molecule has 0 aliphatic carbocycles. The quantitative estimate of drug-likeness (QED) is 0.591. The molecule has 1 aliphatic rings. The minimum atomic E-state index is 0.148. The molecule has 116 valence electrons. The van der Waals surface area contributed by atoms with Gasteiger partial charge in [-0.1, -0.05) is 39.8 Å². The minimum Gasteiger partial charge on any atom is -0.311 e. The van der Waals surface area contributed by atoms with E-state index >= 15 is 0 Å². The molecule has 0 N–H and O–H groups in total. The first kappa shape index (κ1) is 15.2. The van der Waals surface area contributed by atoms with Gasteiger partial charge in [-0.2, -0.15) is 0 Å². The first-order valence-electron chi connectivity index (χ1n) is 7.28. The lowest BCUT2D eigenvalue weighted by Crippen LogP contribution is -2.30. The van der Waals surface area contributed by atoms with Gasteiger partial charge in [0.15, 0.2) is 4.34 Å². The number of fused-ring (bicyclic) bond motifs is 2. The smallest absolute Gasteiger partial charge is 0.237 e. The van der Waals surface area contributed by atoms with Gasteiger partial charge in [0.25, 0.3) is 0 Å². The Labute approximate surface area is 150 Å². The second kappa shape index (κ2) is 6.26. The van der Waals surface area contributed by atoms with Crippen molar-refractivity contribution < 1.29 is 4.79 Å². The van der Waals surface area contributed by atoms with Crippen molar-refractivity contribution in [3.05, 3.63) is 52.5 Å². The van der Waals surface area contributed by atoms with Crippen LogP contribution in [0.15, 0.2) is 51.3 Å². The van der Waals surface area contributed by atoms with Gasteiger partial charge < -0.3 is 4.90 Å². The highest BCUT2D eigenvalue weighted by Crippen LogP contribution is 2.33. The lowest BCUT2D eigenvalue weighted by Gasteiger charge is -2.16. The molecule has 0 saturated carbocycles. The van der Waals surface area contributed by atoms with E-state index in [9.17, 15) is 4.79 Å². The molecule has 1 aromatic heterocycles. The molecule has 4 rings (SSSR count). The number of para-hydroxylation sites is 1. The number of amides is 1. The van der Waals surface area contributed by atoms with E-state index in [1.165, 1.54) is 22.0 Å². The van der Waals surface area contributed by atoms with Crippen LogP contribution in [0.4, 0.5) is 5.69 Å². The molecule has 3 nitrogen and oxygen atoms in total. The summed E-state index contributed by atoms with van der Waals surface area (Å²) in [5, 5.41) is 0. The van der Waals surface area contributed by atoms with Gasteiger partial charge in [-0.05, 0) is 42.3 Å². The largest absolute Gasteiger partial charge is 0.311 e. The molecular weight excluding hydrogens is 392 g/mol. The van der Waals surface area contributed by atoms with Crippen LogP contribution in [0.2, 0.25) is 0 Å². The fraction of sp³-hybridized carbons (Fsp3) is 0.176. The maximum Gasteiger partial charge on any atom is 0.237 e. The predicted molar refractivity (Wildman–Crippen MR) is 101 cm³/mol. The Morgan fingerprint density at radius 2 is 2.17 bits per heavy atom. The normalized spacial score (nSPS) is 13.5. The molecule has 0 bridgehead atoms. The molecular formula is C17H13BrN2OS2. The van der Waals surface area contributed by atoms with Crippen molar-refractivity contribution in [2.45, 2.75) is 10.8 Å². The lowest BCUT2D eigenvalue weighted by atomic mass is 10.2. The van der Waals surface area contributed by atoms with E-state index in [0.717, 1.165) is 33.0 Å². The number of benzene rings is 2. The number of nitrogens with zero attached hydrogens (tertiary/aromatic N) is 2. The molecule has 23 heavy (non-hydrogen) atoms. The average Bonchev–Trinajstić information content (AvgIpc) is 3.15. The number of anilines is 1. The highest BCUT2D eigenvalue weighted by molar-refractivity contribution is 9.10. The van der Waals surface area contributed by atoms with Gasteiger partial charge in [0.2, 0.25) is 5.91 Å². The molecule has 6 heteroatoms. The van der Waals surface area contributed by atoms with Crippen molar-refractivity contribution in [2.24, 2.45) is 0 Å². The van der Waals surface area contributed by atoms with Gasteiger partial charge in [-0.3, -0.25) is 4.79 Å². The van der Waals surface area contributed by atoms with Crippen molar-refractivity contribution in [1.82, 2.24) is 4.98 Å². The third-order valence-corrected chi connectivity index (χ3v) is 6.49. The van der Waals surface area contributed by atoms with Crippen LogP contribution in [0.3, 0.4) is 0 Å². The van der Waals surface area contributed by atoms with Crippen molar-refractivity contribution in [2.75, 3.05) is 17.2 Å². The summed E-state index contributed by atoms with van der Waals surface area (Å²) in [4.78, 5) is 19.0. The molecule has 3 aromatic rings. The van der Waals surface area contributed by atoms with Gasteiger partial charge >= 0.3 is 0 Å². The summed E-state index contributed by atoms with van der Waals surface area (Å²) < 4.78 is 3.18. The van der Waals surface area contributed by atoms with Gasteiger partial charge in [0.1, 0.15) is 0 Å². The maximum atomic E-state index is 12.6. The number of hydrogen-bond acceptors (Lipinski definition) is 4. The zero-order valence-electron chi connectivity index (χ0n) is 12.2.